The van der Waals surface area contributed by atoms with E-state index in [9.17, 15) is 0 Å². The molecule has 0 aliphatic heterocycles. The molecule has 1 atom stereocenters. The highest BCUT2D eigenvalue weighted by atomic mass is 32.2. The van der Waals surface area contributed by atoms with Crippen LogP contribution in [0.1, 0.15) is 50.6 Å². The average molecular weight is 271 g/mol. The Balaban J connectivity index is 2.60. The predicted molar refractivity (Wildman–Crippen MR) is 82.3 cm³/mol. The van der Waals surface area contributed by atoms with E-state index < -0.39 is 0 Å². The van der Waals surface area contributed by atoms with Crippen LogP contribution in [0.5, 0.6) is 0 Å². The molecule has 0 aliphatic carbocycles. The van der Waals surface area contributed by atoms with Gasteiger partial charge in [-0.05, 0) is 36.9 Å². The van der Waals surface area contributed by atoms with Crippen molar-refractivity contribution >= 4 is 23.1 Å². The molecule has 0 fully saturated rings. The Bertz CT molecular complexity index is 325. The van der Waals surface area contributed by atoms with Gasteiger partial charge >= 0.3 is 0 Å². The van der Waals surface area contributed by atoms with E-state index in [4.69, 9.17) is 0 Å². The van der Waals surface area contributed by atoms with Crippen LogP contribution in [0.15, 0.2) is 11.4 Å². The van der Waals surface area contributed by atoms with Crippen molar-refractivity contribution in [2.45, 2.75) is 51.8 Å². The normalized spacial score (nSPS) is 13.9. The van der Waals surface area contributed by atoms with Gasteiger partial charge in [-0.1, -0.05) is 27.7 Å². The Morgan fingerprint density at radius 2 is 2.12 bits per heavy atom. The van der Waals surface area contributed by atoms with Crippen LogP contribution in [0.3, 0.4) is 0 Å². The number of thiophene rings is 1. The lowest BCUT2D eigenvalue weighted by Gasteiger charge is -2.23. The lowest BCUT2D eigenvalue weighted by atomic mass is 10.1. The number of thioether (sulfide) groups is 1. The minimum Gasteiger partial charge on any atom is -0.309 e. The molecule has 0 bridgehead atoms. The highest BCUT2D eigenvalue weighted by molar-refractivity contribution is 8.00. The van der Waals surface area contributed by atoms with Crippen molar-refractivity contribution in [3.8, 4) is 0 Å². The van der Waals surface area contributed by atoms with E-state index >= 15 is 0 Å². The molecule has 3 heteroatoms. The van der Waals surface area contributed by atoms with Gasteiger partial charge in [-0.15, -0.1) is 11.3 Å². The van der Waals surface area contributed by atoms with Gasteiger partial charge in [0, 0.05) is 21.4 Å². The fourth-order valence-corrected chi connectivity index (χ4v) is 3.31. The van der Waals surface area contributed by atoms with Gasteiger partial charge in [-0.3, -0.25) is 0 Å². The maximum atomic E-state index is 3.66. The maximum absolute atomic E-state index is 3.66. The molecule has 1 heterocycles. The number of nitrogens with one attached hydrogen (secondary N) is 1. The van der Waals surface area contributed by atoms with Crippen LogP contribution in [0.2, 0.25) is 0 Å². The van der Waals surface area contributed by atoms with Crippen molar-refractivity contribution in [1.29, 1.82) is 0 Å². The maximum Gasteiger partial charge on any atom is 0.0420 e. The third-order valence-corrected chi connectivity index (χ3v) is 4.72. The molecular formula is C14H25NS2. The predicted octanol–water partition coefficient (Wildman–Crippen LogP) is 4.63. The SMILES string of the molecule is CCCNC(CSC(C)(C)C)c1csc(C)c1. The van der Waals surface area contributed by atoms with Crippen LogP contribution in [0, 0.1) is 6.92 Å². The average Bonchev–Trinajstić information content (AvgIpc) is 2.63. The number of hydrogen-bond donors (Lipinski definition) is 1. The first-order valence-corrected chi connectivity index (χ1v) is 8.21. The third-order valence-electron chi connectivity index (χ3n) is 2.48. The lowest BCUT2D eigenvalue weighted by Crippen LogP contribution is -2.25. The summed E-state index contributed by atoms with van der Waals surface area (Å²) in [6.07, 6.45) is 1.19. The minimum absolute atomic E-state index is 0.344. The molecule has 0 aromatic carbocycles. The third kappa shape index (κ3) is 5.94. The number of hydrogen-bond acceptors (Lipinski definition) is 3. The van der Waals surface area contributed by atoms with Gasteiger partial charge in [0.15, 0.2) is 0 Å². The van der Waals surface area contributed by atoms with Gasteiger partial charge < -0.3 is 5.32 Å². The molecule has 0 spiro atoms. The fraction of sp³-hybridized carbons (Fsp3) is 0.714. The van der Waals surface area contributed by atoms with Crippen molar-refractivity contribution < 1.29 is 0 Å². The first-order chi connectivity index (χ1) is 7.92. The first kappa shape index (κ1) is 15.1. The summed E-state index contributed by atoms with van der Waals surface area (Å²) in [4.78, 5) is 1.41. The summed E-state index contributed by atoms with van der Waals surface area (Å²) in [5.74, 6) is 1.15. The van der Waals surface area contributed by atoms with Gasteiger partial charge in [-0.2, -0.15) is 11.8 Å². The minimum atomic E-state index is 0.344. The topological polar surface area (TPSA) is 12.0 Å². The number of aryl methyl sites for hydroxylation is 1. The second-order valence-electron chi connectivity index (χ2n) is 5.42. The van der Waals surface area contributed by atoms with Crippen molar-refractivity contribution in [2.24, 2.45) is 0 Å². The van der Waals surface area contributed by atoms with Crippen molar-refractivity contribution in [3.05, 3.63) is 21.9 Å². The van der Waals surface area contributed by atoms with Crippen molar-refractivity contribution in [3.63, 3.8) is 0 Å². The Hall–Kier alpha value is 0.0100. The van der Waals surface area contributed by atoms with Crippen molar-refractivity contribution in [1.82, 2.24) is 5.32 Å². The van der Waals surface area contributed by atoms with E-state index in [2.05, 4.69) is 51.4 Å². The quantitative estimate of drug-likeness (QED) is 0.809. The molecule has 1 aromatic rings. The Kier molecular flexibility index (Phi) is 6.04. The van der Waals surface area contributed by atoms with E-state index in [0.29, 0.717) is 10.8 Å². The Morgan fingerprint density at radius 1 is 1.41 bits per heavy atom. The van der Waals surface area contributed by atoms with Gasteiger partial charge in [-0.25, -0.2) is 0 Å². The van der Waals surface area contributed by atoms with Crippen LogP contribution >= 0.6 is 23.1 Å². The van der Waals surface area contributed by atoms with Crippen LogP contribution in [0.25, 0.3) is 0 Å². The van der Waals surface area contributed by atoms with Gasteiger partial charge in [0.05, 0.1) is 0 Å². The standard InChI is InChI=1S/C14H25NS2/c1-6-7-15-13(10-17-14(3,4)5)12-8-11(2)16-9-12/h8-9,13,15H,6-7,10H2,1-5H3. The van der Waals surface area contributed by atoms with Crippen LogP contribution in [-0.2, 0) is 0 Å². The summed E-state index contributed by atoms with van der Waals surface area (Å²) in [7, 11) is 0. The molecule has 17 heavy (non-hydrogen) atoms. The summed E-state index contributed by atoms with van der Waals surface area (Å²) in [6, 6.07) is 2.82. The molecule has 1 nitrogen and oxygen atoms in total. The monoisotopic (exact) mass is 271 g/mol. The summed E-state index contributed by atoms with van der Waals surface area (Å²) in [5, 5.41) is 5.95. The highest BCUT2D eigenvalue weighted by Crippen LogP contribution is 2.30. The Morgan fingerprint density at radius 3 is 2.59 bits per heavy atom. The summed E-state index contributed by atoms with van der Waals surface area (Å²) in [5.41, 5.74) is 1.46. The second-order valence-corrected chi connectivity index (χ2v) is 8.38. The Labute approximate surface area is 114 Å². The van der Waals surface area contributed by atoms with Crippen LogP contribution < -0.4 is 5.32 Å². The molecule has 98 valence electrons. The lowest BCUT2D eigenvalue weighted by molar-refractivity contribution is 0.576. The van der Waals surface area contributed by atoms with E-state index in [1.54, 1.807) is 0 Å². The van der Waals surface area contributed by atoms with Crippen LogP contribution in [-0.4, -0.2) is 17.0 Å². The summed E-state index contributed by atoms with van der Waals surface area (Å²) in [6.45, 7) is 12.4. The molecular weight excluding hydrogens is 246 g/mol. The zero-order valence-electron chi connectivity index (χ0n) is 11.7. The molecule has 0 radical (unpaired) electrons. The molecule has 0 saturated heterocycles. The van der Waals surface area contributed by atoms with E-state index in [1.165, 1.54) is 16.9 Å². The van der Waals surface area contributed by atoms with Gasteiger partial charge in [0.1, 0.15) is 0 Å². The molecule has 0 saturated carbocycles. The molecule has 0 amide bonds. The van der Waals surface area contributed by atoms with Gasteiger partial charge in [0.25, 0.3) is 0 Å². The number of rotatable bonds is 6. The zero-order valence-corrected chi connectivity index (χ0v) is 13.3. The van der Waals surface area contributed by atoms with Crippen LogP contribution in [0.4, 0.5) is 0 Å². The van der Waals surface area contributed by atoms with E-state index in [0.717, 1.165) is 12.3 Å². The largest absolute Gasteiger partial charge is 0.309 e. The summed E-state index contributed by atoms with van der Waals surface area (Å²) >= 11 is 3.89. The molecule has 1 unspecified atom stereocenters. The van der Waals surface area contributed by atoms with Crippen molar-refractivity contribution in [2.75, 3.05) is 12.3 Å². The highest BCUT2D eigenvalue weighted by Gasteiger charge is 2.17. The fourth-order valence-electron chi connectivity index (χ4n) is 1.57. The molecule has 1 N–H and O–H groups in total. The first-order valence-electron chi connectivity index (χ1n) is 6.34. The summed E-state index contributed by atoms with van der Waals surface area (Å²) < 4.78 is 0.344. The smallest absolute Gasteiger partial charge is 0.0420 e. The van der Waals surface area contributed by atoms with E-state index in [1.807, 2.05) is 23.1 Å². The molecule has 1 aromatic heterocycles. The van der Waals surface area contributed by atoms with E-state index in [-0.39, 0.29) is 0 Å². The second kappa shape index (κ2) is 6.81. The van der Waals surface area contributed by atoms with Gasteiger partial charge in [0.2, 0.25) is 0 Å². The zero-order chi connectivity index (χ0) is 12.9. The molecule has 1 rings (SSSR count). The molecule has 0 aliphatic rings.